The molecule has 0 bridgehead atoms. The maximum absolute atomic E-state index is 8.64. The van der Waals surface area contributed by atoms with Gasteiger partial charge < -0.3 is 9.84 Å². The van der Waals surface area contributed by atoms with E-state index in [1.165, 1.54) is 32.1 Å². The van der Waals surface area contributed by atoms with E-state index in [-0.39, 0.29) is 0 Å². The van der Waals surface area contributed by atoms with Crippen LogP contribution in [-0.4, -0.2) is 18.1 Å². The van der Waals surface area contributed by atoms with Gasteiger partial charge in [-0.3, -0.25) is 5.73 Å². The standard InChI is InChI=1S/C8H17NO2/c9-8(10)11-6-7-4-2-1-3-5-7/h7-8,10H,1-6,9H2. The highest BCUT2D eigenvalue weighted by Crippen LogP contribution is 2.23. The topological polar surface area (TPSA) is 55.5 Å². The van der Waals surface area contributed by atoms with Crippen molar-refractivity contribution in [3.8, 4) is 0 Å². The highest BCUT2D eigenvalue weighted by molar-refractivity contribution is 4.64. The van der Waals surface area contributed by atoms with Crippen molar-refractivity contribution < 1.29 is 9.84 Å². The molecule has 3 nitrogen and oxygen atoms in total. The van der Waals surface area contributed by atoms with E-state index >= 15 is 0 Å². The fourth-order valence-electron chi connectivity index (χ4n) is 1.59. The van der Waals surface area contributed by atoms with Crippen molar-refractivity contribution in [3.63, 3.8) is 0 Å². The molecule has 0 aliphatic heterocycles. The highest BCUT2D eigenvalue weighted by atomic mass is 16.6. The van der Waals surface area contributed by atoms with E-state index in [9.17, 15) is 0 Å². The minimum atomic E-state index is -1.09. The summed E-state index contributed by atoms with van der Waals surface area (Å²) in [4.78, 5) is 0. The first-order valence-electron chi connectivity index (χ1n) is 4.34. The minimum absolute atomic E-state index is 0.623. The molecule has 0 aromatic carbocycles. The Morgan fingerprint density at radius 3 is 2.55 bits per heavy atom. The summed E-state index contributed by atoms with van der Waals surface area (Å²) in [6, 6.07) is 0. The fourth-order valence-corrected chi connectivity index (χ4v) is 1.59. The molecular weight excluding hydrogens is 142 g/mol. The van der Waals surface area contributed by atoms with E-state index in [0.29, 0.717) is 12.5 Å². The quantitative estimate of drug-likeness (QED) is 0.599. The van der Waals surface area contributed by atoms with Gasteiger partial charge in [0.25, 0.3) is 0 Å². The number of nitrogens with two attached hydrogens (primary N) is 1. The van der Waals surface area contributed by atoms with E-state index in [4.69, 9.17) is 15.6 Å². The molecule has 1 aliphatic carbocycles. The van der Waals surface area contributed by atoms with Crippen molar-refractivity contribution in [1.29, 1.82) is 0 Å². The number of hydrogen-bond donors (Lipinski definition) is 2. The zero-order valence-electron chi connectivity index (χ0n) is 6.83. The molecule has 0 radical (unpaired) electrons. The largest absolute Gasteiger partial charge is 0.356 e. The normalized spacial score (nSPS) is 23.5. The van der Waals surface area contributed by atoms with Gasteiger partial charge >= 0.3 is 0 Å². The Labute approximate surface area is 67.5 Å². The predicted molar refractivity (Wildman–Crippen MR) is 42.7 cm³/mol. The molecule has 1 unspecified atom stereocenters. The van der Waals surface area contributed by atoms with Gasteiger partial charge in [0.2, 0.25) is 6.41 Å². The first-order chi connectivity index (χ1) is 5.29. The molecule has 0 saturated heterocycles. The lowest BCUT2D eigenvalue weighted by molar-refractivity contribution is -0.107. The third-order valence-electron chi connectivity index (χ3n) is 2.23. The van der Waals surface area contributed by atoms with E-state index in [1.807, 2.05) is 0 Å². The van der Waals surface area contributed by atoms with Crippen molar-refractivity contribution >= 4 is 0 Å². The van der Waals surface area contributed by atoms with Gasteiger partial charge in [-0.1, -0.05) is 19.3 Å². The molecule has 3 heteroatoms. The monoisotopic (exact) mass is 159 g/mol. The zero-order valence-corrected chi connectivity index (χ0v) is 6.83. The smallest absolute Gasteiger partial charge is 0.210 e. The molecule has 1 rings (SSSR count). The Kier molecular flexibility index (Phi) is 3.83. The van der Waals surface area contributed by atoms with E-state index in [0.717, 1.165) is 0 Å². The summed E-state index contributed by atoms with van der Waals surface area (Å²) >= 11 is 0. The Bertz CT molecular complexity index is 100. The maximum atomic E-state index is 8.64. The molecule has 3 N–H and O–H groups in total. The van der Waals surface area contributed by atoms with Crippen LogP contribution in [0.4, 0.5) is 0 Å². The first kappa shape index (κ1) is 8.97. The third-order valence-corrected chi connectivity index (χ3v) is 2.23. The first-order valence-corrected chi connectivity index (χ1v) is 4.34. The summed E-state index contributed by atoms with van der Waals surface area (Å²) in [5.74, 6) is 0.627. The average Bonchev–Trinajstić information content (AvgIpc) is 2.03. The van der Waals surface area contributed by atoms with Crippen LogP contribution in [-0.2, 0) is 4.74 Å². The lowest BCUT2D eigenvalue weighted by Gasteiger charge is -2.21. The minimum Gasteiger partial charge on any atom is -0.356 e. The van der Waals surface area contributed by atoms with Crippen molar-refractivity contribution in [2.45, 2.75) is 38.5 Å². The van der Waals surface area contributed by atoms with Crippen LogP contribution in [0.2, 0.25) is 0 Å². The number of rotatable bonds is 3. The molecule has 1 saturated carbocycles. The van der Waals surface area contributed by atoms with Gasteiger partial charge in [0.05, 0.1) is 6.61 Å². The molecule has 1 fully saturated rings. The Morgan fingerprint density at radius 2 is 2.00 bits per heavy atom. The van der Waals surface area contributed by atoms with Gasteiger partial charge in [0.15, 0.2) is 0 Å². The maximum Gasteiger partial charge on any atom is 0.210 e. The summed E-state index contributed by atoms with van der Waals surface area (Å²) in [6.45, 7) is 0.623. The number of ether oxygens (including phenoxy) is 1. The Balaban J connectivity index is 2.05. The summed E-state index contributed by atoms with van der Waals surface area (Å²) < 4.78 is 4.91. The van der Waals surface area contributed by atoms with Crippen molar-refractivity contribution in [2.75, 3.05) is 6.61 Å². The lowest BCUT2D eigenvalue weighted by Crippen LogP contribution is -2.26. The Morgan fingerprint density at radius 1 is 1.36 bits per heavy atom. The van der Waals surface area contributed by atoms with Crippen LogP contribution < -0.4 is 5.73 Å². The summed E-state index contributed by atoms with van der Waals surface area (Å²) in [7, 11) is 0. The van der Waals surface area contributed by atoms with Crippen LogP contribution in [0.1, 0.15) is 32.1 Å². The molecule has 0 aromatic rings. The lowest BCUT2D eigenvalue weighted by atomic mass is 9.90. The van der Waals surface area contributed by atoms with Gasteiger partial charge in [0, 0.05) is 0 Å². The molecule has 0 heterocycles. The Hall–Kier alpha value is -0.120. The highest BCUT2D eigenvalue weighted by Gasteiger charge is 2.13. The summed E-state index contributed by atoms with van der Waals surface area (Å²) in [5.41, 5.74) is 5.04. The van der Waals surface area contributed by atoms with Crippen molar-refractivity contribution in [3.05, 3.63) is 0 Å². The zero-order chi connectivity index (χ0) is 8.10. The molecule has 0 amide bonds. The van der Waals surface area contributed by atoms with E-state index in [2.05, 4.69) is 0 Å². The van der Waals surface area contributed by atoms with Crippen LogP contribution in [0.5, 0.6) is 0 Å². The molecule has 11 heavy (non-hydrogen) atoms. The molecule has 1 aliphatic rings. The van der Waals surface area contributed by atoms with Gasteiger partial charge in [-0.05, 0) is 18.8 Å². The van der Waals surface area contributed by atoms with E-state index < -0.39 is 6.41 Å². The SMILES string of the molecule is NC(O)OCC1CCCCC1. The second kappa shape index (κ2) is 4.70. The van der Waals surface area contributed by atoms with Crippen molar-refractivity contribution in [2.24, 2.45) is 11.7 Å². The third kappa shape index (κ3) is 3.70. The molecular formula is C8H17NO2. The second-order valence-electron chi connectivity index (χ2n) is 3.23. The number of hydrogen-bond acceptors (Lipinski definition) is 3. The number of aliphatic hydroxyl groups is 1. The van der Waals surface area contributed by atoms with Gasteiger partial charge in [-0.25, -0.2) is 0 Å². The fraction of sp³-hybridized carbons (Fsp3) is 1.00. The van der Waals surface area contributed by atoms with Gasteiger partial charge in [-0.15, -0.1) is 0 Å². The van der Waals surface area contributed by atoms with Crippen LogP contribution in [0.25, 0.3) is 0 Å². The predicted octanol–water partition coefficient (Wildman–Crippen LogP) is 0.818. The van der Waals surface area contributed by atoms with Gasteiger partial charge in [0.1, 0.15) is 0 Å². The molecule has 0 spiro atoms. The molecule has 66 valence electrons. The number of aliphatic hydroxyl groups excluding tert-OH is 1. The van der Waals surface area contributed by atoms with Crippen LogP contribution in [0.15, 0.2) is 0 Å². The van der Waals surface area contributed by atoms with Crippen LogP contribution >= 0.6 is 0 Å². The van der Waals surface area contributed by atoms with Crippen molar-refractivity contribution in [1.82, 2.24) is 0 Å². The molecule has 0 aromatic heterocycles. The van der Waals surface area contributed by atoms with Gasteiger partial charge in [-0.2, -0.15) is 0 Å². The average molecular weight is 159 g/mol. The van der Waals surface area contributed by atoms with Crippen LogP contribution in [0.3, 0.4) is 0 Å². The summed E-state index contributed by atoms with van der Waals surface area (Å²) in [6.07, 6.45) is 5.32. The second-order valence-corrected chi connectivity index (χ2v) is 3.23. The van der Waals surface area contributed by atoms with Crippen LogP contribution in [0, 0.1) is 5.92 Å². The summed E-state index contributed by atoms with van der Waals surface area (Å²) in [5, 5.41) is 8.64. The van der Waals surface area contributed by atoms with E-state index in [1.54, 1.807) is 0 Å². The molecule has 1 atom stereocenters.